The number of hydrogen-bond acceptors (Lipinski definition) is 4. The number of carbonyl (C=O) groups is 2. The van der Waals surface area contributed by atoms with Gasteiger partial charge in [-0.25, -0.2) is 4.79 Å². The standard InChI is InChI=1S/C13H15NO5/c1-13(7-11(15)16)8-19-12(17)14(13)9-5-3-4-6-10(9)18-2/h3-6H,7-8H2,1-2H3,(H,15,16). The number of ether oxygens (including phenoxy) is 2. The molecule has 6 heteroatoms. The zero-order valence-electron chi connectivity index (χ0n) is 10.8. The number of carbonyl (C=O) groups excluding carboxylic acids is 1. The van der Waals surface area contributed by atoms with Crippen LogP contribution in [-0.4, -0.2) is 36.4 Å². The number of benzene rings is 1. The summed E-state index contributed by atoms with van der Waals surface area (Å²) < 4.78 is 10.2. The lowest BCUT2D eigenvalue weighted by Crippen LogP contribution is -2.46. The van der Waals surface area contributed by atoms with E-state index in [4.69, 9.17) is 14.6 Å². The Labute approximate surface area is 110 Å². The highest BCUT2D eigenvalue weighted by atomic mass is 16.6. The second-order valence-corrected chi connectivity index (χ2v) is 4.63. The lowest BCUT2D eigenvalue weighted by molar-refractivity contribution is -0.138. The highest BCUT2D eigenvalue weighted by Crippen LogP contribution is 2.38. The molecule has 1 fully saturated rings. The van der Waals surface area contributed by atoms with Crippen LogP contribution >= 0.6 is 0 Å². The number of hydrogen-bond donors (Lipinski definition) is 1. The highest BCUT2D eigenvalue weighted by molar-refractivity contribution is 5.94. The zero-order chi connectivity index (χ0) is 14.0. The quantitative estimate of drug-likeness (QED) is 0.899. The van der Waals surface area contributed by atoms with Gasteiger partial charge in [-0.2, -0.15) is 0 Å². The van der Waals surface area contributed by atoms with Crippen LogP contribution in [0.3, 0.4) is 0 Å². The highest BCUT2D eigenvalue weighted by Gasteiger charge is 2.47. The molecule has 0 bridgehead atoms. The van der Waals surface area contributed by atoms with Gasteiger partial charge in [-0.3, -0.25) is 9.69 Å². The average Bonchev–Trinajstić information content (AvgIpc) is 2.64. The van der Waals surface area contributed by atoms with Crippen LogP contribution in [0.5, 0.6) is 5.75 Å². The number of para-hydroxylation sites is 2. The third-order valence-corrected chi connectivity index (χ3v) is 3.09. The molecule has 1 aromatic rings. The molecule has 1 aliphatic rings. The van der Waals surface area contributed by atoms with Crippen LogP contribution in [0.4, 0.5) is 10.5 Å². The van der Waals surface area contributed by atoms with Gasteiger partial charge in [-0.1, -0.05) is 12.1 Å². The van der Waals surface area contributed by atoms with Gasteiger partial charge in [0.2, 0.25) is 0 Å². The number of carboxylic acid groups (broad SMARTS) is 1. The van der Waals surface area contributed by atoms with Crippen LogP contribution in [0.1, 0.15) is 13.3 Å². The summed E-state index contributed by atoms with van der Waals surface area (Å²) in [7, 11) is 1.49. The molecule has 1 unspecified atom stereocenters. The van der Waals surface area contributed by atoms with Crippen LogP contribution in [-0.2, 0) is 9.53 Å². The molecule has 1 heterocycles. The van der Waals surface area contributed by atoms with E-state index < -0.39 is 17.6 Å². The normalized spacial score (nSPS) is 22.2. The second kappa shape index (κ2) is 4.79. The minimum atomic E-state index is -0.985. The van der Waals surface area contributed by atoms with Crippen LogP contribution in [0.2, 0.25) is 0 Å². The third kappa shape index (κ3) is 2.33. The molecule has 0 radical (unpaired) electrons. The summed E-state index contributed by atoms with van der Waals surface area (Å²) >= 11 is 0. The predicted octanol–water partition coefficient (Wildman–Crippen LogP) is 1.89. The minimum Gasteiger partial charge on any atom is -0.495 e. The first-order valence-electron chi connectivity index (χ1n) is 5.80. The number of nitrogens with zero attached hydrogens (tertiary/aromatic N) is 1. The van der Waals surface area contributed by atoms with E-state index in [1.165, 1.54) is 12.0 Å². The van der Waals surface area contributed by atoms with Crippen molar-refractivity contribution < 1.29 is 24.2 Å². The van der Waals surface area contributed by atoms with Crippen molar-refractivity contribution in [1.82, 2.24) is 0 Å². The number of carboxylic acids is 1. The summed E-state index contributed by atoms with van der Waals surface area (Å²) in [4.78, 5) is 24.2. The molecule has 1 N–H and O–H groups in total. The van der Waals surface area contributed by atoms with E-state index >= 15 is 0 Å². The Balaban J connectivity index is 2.44. The van der Waals surface area contributed by atoms with Gasteiger partial charge in [0.15, 0.2) is 0 Å². The molecule has 102 valence electrons. The molecule has 0 spiro atoms. The Morgan fingerprint density at radius 2 is 2.21 bits per heavy atom. The van der Waals surface area contributed by atoms with Gasteiger partial charge in [-0.05, 0) is 19.1 Å². The number of methoxy groups -OCH3 is 1. The average molecular weight is 265 g/mol. The van der Waals surface area contributed by atoms with E-state index in [-0.39, 0.29) is 13.0 Å². The summed E-state index contributed by atoms with van der Waals surface area (Å²) in [6.07, 6.45) is -0.759. The number of anilines is 1. The predicted molar refractivity (Wildman–Crippen MR) is 67.5 cm³/mol. The van der Waals surface area contributed by atoms with Crippen molar-refractivity contribution in [2.24, 2.45) is 0 Å². The summed E-state index contributed by atoms with van der Waals surface area (Å²) in [6, 6.07) is 6.94. The number of cyclic esters (lactones) is 1. The number of rotatable bonds is 4. The topological polar surface area (TPSA) is 76.1 Å². The van der Waals surface area contributed by atoms with Crippen molar-refractivity contribution in [3.63, 3.8) is 0 Å². The van der Waals surface area contributed by atoms with Gasteiger partial charge >= 0.3 is 12.1 Å². The van der Waals surface area contributed by atoms with Crippen LogP contribution in [0.25, 0.3) is 0 Å². The van der Waals surface area contributed by atoms with Gasteiger partial charge in [-0.15, -0.1) is 0 Å². The molecule has 1 aliphatic heterocycles. The van der Waals surface area contributed by atoms with E-state index in [1.807, 2.05) is 0 Å². The maximum absolute atomic E-state index is 11.9. The van der Waals surface area contributed by atoms with E-state index in [1.54, 1.807) is 31.2 Å². The zero-order valence-corrected chi connectivity index (χ0v) is 10.8. The molecule has 1 atom stereocenters. The van der Waals surface area contributed by atoms with Crippen molar-refractivity contribution in [3.05, 3.63) is 24.3 Å². The fraction of sp³-hybridized carbons (Fsp3) is 0.385. The SMILES string of the molecule is COc1ccccc1N1C(=O)OCC1(C)CC(=O)O. The summed E-state index contributed by atoms with van der Waals surface area (Å²) in [5, 5.41) is 8.99. The maximum Gasteiger partial charge on any atom is 0.415 e. The van der Waals surface area contributed by atoms with Gasteiger partial charge < -0.3 is 14.6 Å². The maximum atomic E-state index is 11.9. The summed E-state index contributed by atoms with van der Waals surface area (Å²) in [5.41, 5.74) is -0.409. The Kier molecular flexibility index (Phi) is 3.33. The first kappa shape index (κ1) is 13.2. The molecule has 6 nitrogen and oxygen atoms in total. The molecule has 2 rings (SSSR count). The molecule has 0 aliphatic carbocycles. The number of amides is 1. The van der Waals surface area contributed by atoms with E-state index in [2.05, 4.69) is 0 Å². The largest absolute Gasteiger partial charge is 0.495 e. The summed E-state index contributed by atoms with van der Waals surface area (Å²) in [6.45, 7) is 1.72. The Hall–Kier alpha value is -2.24. The second-order valence-electron chi connectivity index (χ2n) is 4.63. The molecule has 0 saturated carbocycles. The first-order chi connectivity index (χ1) is 8.98. The lowest BCUT2D eigenvalue weighted by Gasteiger charge is -2.31. The van der Waals surface area contributed by atoms with Gasteiger partial charge in [0.05, 0.1) is 24.8 Å². The molecule has 19 heavy (non-hydrogen) atoms. The lowest BCUT2D eigenvalue weighted by atomic mass is 9.97. The first-order valence-corrected chi connectivity index (χ1v) is 5.80. The van der Waals surface area contributed by atoms with Crippen LogP contribution in [0.15, 0.2) is 24.3 Å². The third-order valence-electron chi connectivity index (χ3n) is 3.09. The Bertz CT molecular complexity index is 516. The Morgan fingerprint density at radius 3 is 2.84 bits per heavy atom. The van der Waals surface area contributed by atoms with Crippen LogP contribution in [0, 0.1) is 0 Å². The molecule has 1 amide bonds. The van der Waals surface area contributed by atoms with E-state index in [9.17, 15) is 9.59 Å². The fourth-order valence-corrected chi connectivity index (χ4v) is 2.23. The molecular weight excluding hydrogens is 250 g/mol. The smallest absolute Gasteiger partial charge is 0.415 e. The van der Waals surface area contributed by atoms with Crippen molar-refractivity contribution in [1.29, 1.82) is 0 Å². The van der Waals surface area contributed by atoms with E-state index in [0.717, 1.165) is 0 Å². The van der Waals surface area contributed by atoms with Crippen molar-refractivity contribution in [2.45, 2.75) is 18.9 Å². The minimum absolute atomic E-state index is 0.0379. The Morgan fingerprint density at radius 1 is 1.53 bits per heavy atom. The fourth-order valence-electron chi connectivity index (χ4n) is 2.23. The molecule has 0 aromatic heterocycles. The summed E-state index contributed by atoms with van der Waals surface area (Å²) in [5.74, 6) is -0.487. The van der Waals surface area contributed by atoms with E-state index in [0.29, 0.717) is 11.4 Å². The molecule has 1 aromatic carbocycles. The van der Waals surface area contributed by atoms with Crippen molar-refractivity contribution >= 4 is 17.7 Å². The van der Waals surface area contributed by atoms with Crippen molar-refractivity contribution in [2.75, 3.05) is 18.6 Å². The molecule has 1 saturated heterocycles. The van der Waals surface area contributed by atoms with Crippen molar-refractivity contribution in [3.8, 4) is 5.75 Å². The monoisotopic (exact) mass is 265 g/mol. The van der Waals surface area contributed by atoms with Gasteiger partial charge in [0.25, 0.3) is 0 Å². The number of aliphatic carboxylic acids is 1. The van der Waals surface area contributed by atoms with Gasteiger partial charge in [0.1, 0.15) is 12.4 Å². The molecular formula is C13H15NO5. The van der Waals surface area contributed by atoms with Gasteiger partial charge in [0, 0.05) is 0 Å². The van der Waals surface area contributed by atoms with Crippen LogP contribution < -0.4 is 9.64 Å².